The van der Waals surface area contributed by atoms with Crippen molar-refractivity contribution in [1.82, 2.24) is 14.9 Å². The first-order valence-electron chi connectivity index (χ1n) is 9.21. The van der Waals surface area contributed by atoms with Crippen molar-refractivity contribution < 1.29 is 9.53 Å². The van der Waals surface area contributed by atoms with Crippen LogP contribution in [0, 0.1) is 6.92 Å². The molecule has 0 saturated carbocycles. The van der Waals surface area contributed by atoms with Gasteiger partial charge in [-0.1, -0.05) is 33.8 Å². The largest absolute Gasteiger partial charge is 0.444 e. The Morgan fingerprint density at radius 3 is 2.32 bits per heavy atom. The number of carbonyl (C=O) groups is 1. The predicted octanol–water partition coefficient (Wildman–Crippen LogP) is 5.68. The third-order valence-electron chi connectivity index (χ3n) is 3.06. The number of amides is 1. The summed E-state index contributed by atoms with van der Waals surface area (Å²) in [4.78, 5) is 21.5. The summed E-state index contributed by atoms with van der Waals surface area (Å²) in [5, 5.41) is 0. The first-order chi connectivity index (χ1) is 11.8. The van der Waals surface area contributed by atoms with E-state index in [1.807, 2.05) is 74.4 Å². The van der Waals surface area contributed by atoms with E-state index < -0.39 is 5.60 Å². The van der Waals surface area contributed by atoms with E-state index in [1.165, 1.54) is 5.56 Å². The molecule has 0 unspecified atom stereocenters. The van der Waals surface area contributed by atoms with E-state index in [4.69, 9.17) is 4.74 Å². The van der Waals surface area contributed by atoms with Crippen LogP contribution in [0.1, 0.15) is 66.8 Å². The SMILES string of the molecule is CC.CC.CCN(Cc1nc2ccc(C)cc2[nH]1)C(=O)OC(C)(C)C. The zero-order valence-corrected chi connectivity index (χ0v) is 17.4. The van der Waals surface area contributed by atoms with Crippen molar-refractivity contribution in [3.63, 3.8) is 0 Å². The molecule has 0 aliphatic carbocycles. The van der Waals surface area contributed by atoms with Gasteiger partial charge in [-0.25, -0.2) is 9.78 Å². The zero-order chi connectivity index (χ0) is 19.6. The minimum Gasteiger partial charge on any atom is -0.444 e. The molecule has 1 aromatic heterocycles. The molecule has 0 aliphatic heterocycles. The molecule has 0 atom stereocenters. The number of aryl methyl sites for hydroxylation is 1. The molecule has 0 fully saturated rings. The van der Waals surface area contributed by atoms with Crippen LogP contribution in [0.25, 0.3) is 11.0 Å². The summed E-state index contributed by atoms with van der Waals surface area (Å²) in [6, 6.07) is 6.06. The molecule has 25 heavy (non-hydrogen) atoms. The fourth-order valence-electron chi connectivity index (χ4n) is 2.06. The number of hydrogen-bond acceptors (Lipinski definition) is 3. The van der Waals surface area contributed by atoms with E-state index in [0.717, 1.165) is 16.9 Å². The third-order valence-corrected chi connectivity index (χ3v) is 3.06. The second-order valence-electron chi connectivity index (χ2n) is 6.20. The Morgan fingerprint density at radius 1 is 1.20 bits per heavy atom. The third kappa shape index (κ3) is 7.59. The summed E-state index contributed by atoms with van der Waals surface area (Å²) in [6.45, 7) is 18.5. The number of H-pyrrole nitrogens is 1. The molecule has 0 radical (unpaired) electrons. The van der Waals surface area contributed by atoms with Crippen molar-refractivity contribution in [1.29, 1.82) is 0 Å². The molecule has 0 spiro atoms. The fraction of sp³-hybridized carbons (Fsp3) is 0.600. The Morgan fingerprint density at radius 2 is 1.80 bits per heavy atom. The summed E-state index contributed by atoms with van der Waals surface area (Å²) in [5.41, 5.74) is 2.59. The average Bonchev–Trinajstić information content (AvgIpc) is 2.96. The van der Waals surface area contributed by atoms with E-state index >= 15 is 0 Å². The van der Waals surface area contributed by atoms with Gasteiger partial charge in [-0.3, -0.25) is 0 Å². The topological polar surface area (TPSA) is 58.2 Å². The number of aromatic nitrogens is 2. The Bertz CT molecular complexity index is 642. The number of nitrogens with zero attached hydrogens (tertiary/aromatic N) is 2. The number of fused-ring (bicyclic) bond motifs is 1. The molecule has 2 aromatic rings. The number of nitrogens with one attached hydrogen (secondary N) is 1. The average molecular weight is 350 g/mol. The van der Waals surface area contributed by atoms with Crippen LogP contribution in [0.2, 0.25) is 0 Å². The molecule has 0 saturated heterocycles. The lowest BCUT2D eigenvalue weighted by molar-refractivity contribution is 0.0240. The molecule has 5 heteroatoms. The minimum atomic E-state index is -0.491. The van der Waals surface area contributed by atoms with Crippen LogP contribution in [-0.4, -0.2) is 33.1 Å². The van der Waals surface area contributed by atoms with Crippen LogP contribution >= 0.6 is 0 Å². The quantitative estimate of drug-likeness (QED) is 0.775. The van der Waals surface area contributed by atoms with Crippen LogP contribution in [0.15, 0.2) is 18.2 Å². The van der Waals surface area contributed by atoms with Gasteiger partial charge in [0.2, 0.25) is 0 Å². The number of hydrogen-bond donors (Lipinski definition) is 1. The first kappa shape index (κ1) is 23.0. The summed E-state index contributed by atoms with van der Waals surface area (Å²) in [5.74, 6) is 0.767. The van der Waals surface area contributed by atoms with Gasteiger partial charge >= 0.3 is 6.09 Å². The zero-order valence-electron chi connectivity index (χ0n) is 17.4. The standard InChI is InChI=1S/C16H23N3O2.2C2H6/c1-6-19(15(20)21-16(3,4)5)10-14-17-12-8-7-11(2)9-13(12)18-14;2*1-2/h7-9H,6,10H2,1-5H3,(H,17,18);2*1-2H3. The van der Waals surface area contributed by atoms with Gasteiger partial charge in [0.15, 0.2) is 0 Å². The normalized spacial score (nSPS) is 10.3. The van der Waals surface area contributed by atoms with Gasteiger partial charge in [0.05, 0.1) is 17.6 Å². The van der Waals surface area contributed by atoms with Crippen molar-refractivity contribution >= 4 is 17.1 Å². The highest BCUT2D eigenvalue weighted by molar-refractivity contribution is 5.76. The lowest BCUT2D eigenvalue weighted by Crippen LogP contribution is -2.36. The van der Waals surface area contributed by atoms with Gasteiger partial charge in [0, 0.05) is 6.54 Å². The van der Waals surface area contributed by atoms with Gasteiger partial charge in [-0.15, -0.1) is 0 Å². The Balaban J connectivity index is 0.00000134. The number of rotatable bonds is 3. The van der Waals surface area contributed by atoms with Crippen molar-refractivity contribution in [2.45, 2.75) is 74.5 Å². The van der Waals surface area contributed by atoms with E-state index in [9.17, 15) is 4.79 Å². The van der Waals surface area contributed by atoms with Crippen LogP contribution < -0.4 is 0 Å². The lowest BCUT2D eigenvalue weighted by Gasteiger charge is -2.25. The molecular weight excluding hydrogens is 314 g/mol. The van der Waals surface area contributed by atoms with Crippen molar-refractivity contribution in [3.8, 4) is 0 Å². The Kier molecular flexibility index (Phi) is 9.87. The number of imidazole rings is 1. The van der Waals surface area contributed by atoms with Crippen molar-refractivity contribution in [2.24, 2.45) is 0 Å². The molecule has 2 rings (SSSR count). The first-order valence-corrected chi connectivity index (χ1v) is 9.21. The summed E-state index contributed by atoms with van der Waals surface area (Å²) < 4.78 is 5.40. The second kappa shape index (κ2) is 10.7. The van der Waals surface area contributed by atoms with E-state index in [2.05, 4.69) is 16.0 Å². The van der Waals surface area contributed by atoms with Crippen LogP contribution in [0.4, 0.5) is 4.79 Å². The number of benzene rings is 1. The molecule has 142 valence electrons. The molecular formula is C20H35N3O2. The lowest BCUT2D eigenvalue weighted by atomic mass is 10.2. The van der Waals surface area contributed by atoms with E-state index in [0.29, 0.717) is 13.1 Å². The predicted molar refractivity (Wildman–Crippen MR) is 106 cm³/mol. The van der Waals surface area contributed by atoms with Gasteiger partial charge in [-0.2, -0.15) is 0 Å². The van der Waals surface area contributed by atoms with Gasteiger partial charge < -0.3 is 14.6 Å². The maximum atomic E-state index is 12.1. The molecule has 1 aromatic carbocycles. The maximum Gasteiger partial charge on any atom is 0.410 e. The Hall–Kier alpha value is -2.04. The van der Waals surface area contributed by atoms with Crippen LogP contribution in [0.3, 0.4) is 0 Å². The van der Waals surface area contributed by atoms with E-state index in [1.54, 1.807) is 4.90 Å². The molecule has 1 N–H and O–H groups in total. The fourth-order valence-corrected chi connectivity index (χ4v) is 2.06. The van der Waals surface area contributed by atoms with Gasteiger partial charge in [0.25, 0.3) is 0 Å². The van der Waals surface area contributed by atoms with Crippen LogP contribution in [-0.2, 0) is 11.3 Å². The summed E-state index contributed by atoms with van der Waals surface area (Å²) >= 11 is 0. The van der Waals surface area contributed by atoms with Crippen molar-refractivity contribution in [3.05, 3.63) is 29.6 Å². The summed E-state index contributed by atoms with van der Waals surface area (Å²) in [7, 11) is 0. The minimum absolute atomic E-state index is 0.318. The molecule has 1 amide bonds. The highest BCUT2D eigenvalue weighted by Crippen LogP contribution is 2.16. The molecule has 0 bridgehead atoms. The van der Waals surface area contributed by atoms with Crippen LogP contribution in [0.5, 0.6) is 0 Å². The highest BCUT2D eigenvalue weighted by Gasteiger charge is 2.22. The smallest absolute Gasteiger partial charge is 0.410 e. The van der Waals surface area contributed by atoms with Crippen molar-refractivity contribution in [2.75, 3.05) is 6.54 Å². The number of carbonyl (C=O) groups excluding carboxylic acids is 1. The highest BCUT2D eigenvalue weighted by atomic mass is 16.6. The molecule has 1 heterocycles. The number of ether oxygens (including phenoxy) is 1. The second-order valence-corrected chi connectivity index (χ2v) is 6.20. The molecule has 5 nitrogen and oxygen atoms in total. The Labute approximate surface area is 152 Å². The monoisotopic (exact) mass is 349 g/mol. The van der Waals surface area contributed by atoms with Gasteiger partial charge in [-0.05, 0) is 52.3 Å². The maximum absolute atomic E-state index is 12.1. The molecule has 0 aliphatic rings. The summed E-state index contributed by atoms with van der Waals surface area (Å²) in [6.07, 6.45) is -0.318. The van der Waals surface area contributed by atoms with Gasteiger partial charge in [0.1, 0.15) is 11.4 Å². The number of aromatic amines is 1. The van der Waals surface area contributed by atoms with E-state index in [-0.39, 0.29) is 6.09 Å².